The van der Waals surface area contributed by atoms with E-state index in [1.165, 1.54) is 31.2 Å². The van der Waals surface area contributed by atoms with Crippen LogP contribution < -0.4 is 15.5 Å². The second kappa shape index (κ2) is 14.2. The molecule has 1 aliphatic heterocycles. The van der Waals surface area contributed by atoms with E-state index < -0.39 is 0 Å². The Kier molecular flexibility index (Phi) is 12.0. The Balaban J connectivity index is 0.00000363. The molecule has 2 heterocycles. The molecular formula is C24H42IN5O2. The molecule has 0 aromatic carbocycles. The van der Waals surface area contributed by atoms with Crippen LogP contribution in [0.3, 0.4) is 0 Å². The number of anilines is 1. The number of morpholine rings is 1. The fourth-order valence-electron chi connectivity index (χ4n) is 4.61. The monoisotopic (exact) mass is 559 g/mol. The predicted octanol–water partition coefficient (Wildman–Crippen LogP) is 3.97. The summed E-state index contributed by atoms with van der Waals surface area (Å²) < 4.78 is 11.3. The van der Waals surface area contributed by atoms with Gasteiger partial charge in [-0.15, -0.1) is 24.0 Å². The van der Waals surface area contributed by atoms with Crippen molar-refractivity contribution in [3.05, 3.63) is 23.9 Å². The highest BCUT2D eigenvalue weighted by Gasteiger charge is 2.33. The second-order valence-corrected chi connectivity index (χ2v) is 8.85. The summed E-state index contributed by atoms with van der Waals surface area (Å²) in [5, 5.41) is 7.04. The third-order valence-electron chi connectivity index (χ3n) is 6.41. The average Bonchev–Trinajstić information content (AvgIpc) is 3.25. The molecule has 32 heavy (non-hydrogen) atoms. The second-order valence-electron chi connectivity index (χ2n) is 8.85. The third-order valence-corrected chi connectivity index (χ3v) is 6.41. The molecule has 0 amide bonds. The molecule has 1 aromatic heterocycles. The number of halogens is 1. The van der Waals surface area contributed by atoms with Crippen LogP contribution in [-0.4, -0.2) is 63.0 Å². The van der Waals surface area contributed by atoms with E-state index >= 15 is 0 Å². The number of nitrogens with zero attached hydrogens (tertiary/aromatic N) is 3. The summed E-state index contributed by atoms with van der Waals surface area (Å²) >= 11 is 0. The van der Waals surface area contributed by atoms with E-state index in [1.807, 2.05) is 6.20 Å². The maximum atomic E-state index is 5.66. The summed E-state index contributed by atoms with van der Waals surface area (Å²) in [5.41, 5.74) is 1.51. The van der Waals surface area contributed by atoms with Crippen molar-refractivity contribution in [1.29, 1.82) is 0 Å². The first-order chi connectivity index (χ1) is 15.1. The van der Waals surface area contributed by atoms with E-state index in [1.54, 1.807) is 0 Å². The summed E-state index contributed by atoms with van der Waals surface area (Å²) in [6, 6.07) is 4.21. The molecule has 1 aromatic rings. The SMILES string of the molecule is CCNC(=NCc1ccnc(N2CCOC(C)C2)c1)NCC1(CCOCC)CCCC1.I. The molecule has 7 nitrogen and oxygen atoms in total. The fourth-order valence-corrected chi connectivity index (χ4v) is 4.61. The maximum absolute atomic E-state index is 5.66. The number of hydrogen-bond acceptors (Lipinski definition) is 5. The maximum Gasteiger partial charge on any atom is 0.191 e. The Morgan fingerprint density at radius 1 is 1.31 bits per heavy atom. The Hall–Kier alpha value is -1.13. The number of rotatable bonds is 10. The lowest BCUT2D eigenvalue weighted by Gasteiger charge is -2.32. The average molecular weight is 560 g/mol. The van der Waals surface area contributed by atoms with Crippen LogP contribution in [-0.2, 0) is 16.0 Å². The molecule has 182 valence electrons. The molecule has 1 unspecified atom stereocenters. The van der Waals surface area contributed by atoms with Crippen molar-refractivity contribution in [3.63, 3.8) is 0 Å². The minimum atomic E-state index is 0. The molecular weight excluding hydrogens is 517 g/mol. The van der Waals surface area contributed by atoms with Crippen LogP contribution >= 0.6 is 24.0 Å². The first-order valence-corrected chi connectivity index (χ1v) is 12.1. The highest BCUT2D eigenvalue weighted by atomic mass is 127. The van der Waals surface area contributed by atoms with Crippen LogP contribution in [0.2, 0.25) is 0 Å². The van der Waals surface area contributed by atoms with Gasteiger partial charge in [0.15, 0.2) is 5.96 Å². The minimum Gasteiger partial charge on any atom is -0.382 e. The summed E-state index contributed by atoms with van der Waals surface area (Å²) in [7, 11) is 0. The zero-order valence-electron chi connectivity index (χ0n) is 20.1. The van der Waals surface area contributed by atoms with E-state index in [4.69, 9.17) is 14.5 Å². The van der Waals surface area contributed by atoms with Gasteiger partial charge in [-0.25, -0.2) is 9.98 Å². The molecule has 2 fully saturated rings. The van der Waals surface area contributed by atoms with E-state index in [9.17, 15) is 0 Å². The predicted molar refractivity (Wildman–Crippen MR) is 142 cm³/mol. The molecule has 8 heteroatoms. The van der Waals surface area contributed by atoms with Gasteiger partial charge in [0.05, 0.1) is 19.3 Å². The number of pyridine rings is 1. The number of aliphatic imine (C=N–C) groups is 1. The molecule has 1 saturated carbocycles. The van der Waals surface area contributed by atoms with Crippen LogP contribution in [0.15, 0.2) is 23.3 Å². The first kappa shape index (κ1) is 27.1. The first-order valence-electron chi connectivity index (χ1n) is 12.1. The highest BCUT2D eigenvalue weighted by Crippen LogP contribution is 2.40. The van der Waals surface area contributed by atoms with Gasteiger partial charge < -0.3 is 25.0 Å². The van der Waals surface area contributed by atoms with Gasteiger partial charge in [-0.05, 0) is 63.1 Å². The van der Waals surface area contributed by atoms with Crippen LogP contribution in [0.5, 0.6) is 0 Å². The lowest BCUT2D eigenvalue weighted by Crippen LogP contribution is -2.43. The minimum absolute atomic E-state index is 0. The van der Waals surface area contributed by atoms with Gasteiger partial charge in [0.2, 0.25) is 0 Å². The summed E-state index contributed by atoms with van der Waals surface area (Å²) in [4.78, 5) is 11.7. The molecule has 1 aliphatic carbocycles. The number of ether oxygens (including phenoxy) is 2. The third kappa shape index (κ3) is 8.33. The summed E-state index contributed by atoms with van der Waals surface area (Å²) in [6.45, 7) is 12.9. The van der Waals surface area contributed by atoms with Crippen LogP contribution in [0.1, 0.15) is 58.4 Å². The molecule has 3 rings (SSSR count). The standard InChI is InChI=1S/C24H41N5O2.HI/c1-4-25-23(28-19-24(9-6-7-10-24)11-14-30-5-2)27-17-21-8-12-26-22(16-21)29-13-15-31-20(3)18-29;/h8,12,16,20H,4-7,9-11,13-15,17-19H2,1-3H3,(H2,25,27,28);1H. The van der Waals surface area contributed by atoms with Crippen molar-refractivity contribution in [3.8, 4) is 0 Å². The normalized spacial score (nSPS) is 20.7. The van der Waals surface area contributed by atoms with E-state index in [0.29, 0.717) is 12.0 Å². The Bertz CT molecular complexity index is 697. The lowest BCUT2D eigenvalue weighted by molar-refractivity contribution is 0.0529. The largest absolute Gasteiger partial charge is 0.382 e. The van der Waals surface area contributed by atoms with Crippen LogP contribution in [0.4, 0.5) is 5.82 Å². The number of hydrogen-bond donors (Lipinski definition) is 2. The molecule has 1 atom stereocenters. The Labute approximate surface area is 211 Å². The van der Waals surface area contributed by atoms with Crippen molar-refractivity contribution in [2.24, 2.45) is 10.4 Å². The van der Waals surface area contributed by atoms with Crippen molar-refractivity contribution in [2.45, 2.75) is 65.5 Å². The highest BCUT2D eigenvalue weighted by molar-refractivity contribution is 14.0. The van der Waals surface area contributed by atoms with Crippen LogP contribution in [0, 0.1) is 5.41 Å². The van der Waals surface area contributed by atoms with E-state index in [2.05, 4.69) is 53.4 Å². The van der Waals surface area contributed by atoms with Gasteiger partial charge in [0.25, 0.3) is 0 Å². The Morgan fingerprint density at radius 3 is 2.84 bits per heavy atom. The number of nitrogens with one attached hydrogen (secondary N) is 2. The van der Waals surface area contributed by atoms with Gasteiger partial charge in [-0.2, -0.15) is 0 Å². The van der Waals surface area contributed by atoms with E-state index in [0.717, 1.165) is 64.2 Å². The molecule has 0 radical (unpaired) electrons. The summed E-state index contributed by atoms with van der Waals surface area (Å²) in [6.07, 6.45) is 8.45. The van der Waals surface area contributed by atoms with Gasteiger partial charge >= 0.3 is 0 Å². The van der Waals surface area contributed by atoms with Gasteiger partial charge in [-0.3, -0.25) is 0 Å². The molecule has 2 aliphatic rings. The molecule has 0 bridgehead atoms. The molecule has 0 spiro atoms. The molecule has 1 saturated heterocycles. The lowest BCUT2D eigenvalue weighted by atomic mass is 9.83. The number of aromatic nitrogens is 1. The quantitative estimate of drug-likeness (QED) is 0.196. The van der Waals surface area contributed by atoms with Crippen LogP contribution in [0.25, 0.3) is 0 Å². The van der Waals surface area contributed by atoms with Crippen molar-refractivity contribution < 1.29 is 9.47 Å². The molecule has 2 N–H and O–H groups in total. The van der Waals surface area contributed by atoms with E-state index in [-0.39, 0.29) is 30.1 Å². The zero-order chi connectivity index (χ0) is 21.9. The van der Waals surface area contributed by atoms with Crippen molar-refractivity contribution in [1.82, 2.24) is 15.6 Å². The zero-order valence-corrected chi connectivity index (χ0v) is 22.4. The Morgan fingerprint density at radius 2 is 2.12 bits per heavy atom. The van der Waals surface area contributed by atoms with Gasteiger partial charge in [0, 0.05) is 45.6 Å². The van der Waals surface area contributed by atoms with Crippen molar-refractivity contribution in [2.75, 3.05) is 50.9 Å². The summed E-state index contributed by atoms with van der Waals surface area (Å²) in [5.74, 6) is 1.91. The van der Waals surface area contributed by atoms with Gasteiger partial charge in [0.1, 0.15) is 5.82 Å². The smallest absolute Gasteiger partial charge is 0.191 e. The fraction of sp³-hybridized carbons (Fsp3) is 0.750. The topological polar surface area (TPSA) is 71.0 Å². The van der Waals surface area contributed by atoms with Crippen molar-refractivity contribution >= 4 is 35.8 Å². The van der Waals surface area contributed by atoms with Gasteiger partial charge in [-0.1, -0.05) is 12.8 Å². The number of guanidine groups is 1.